The monoisotopic (exact) mass is 551 g/mol. The van der Waals surface area contributed by atoms with Gasteiger partial charge in [-0.05, 0) is 51.7 Å². The van der Waals surface area contributed by atoms with E-state index >= 15 is 0 Å². The fourth-order valence-corrected chi connectivity index (χ4v) is 6.09. The lowest BCUT2D eigenvalue weighted by molar-refractivity contribution is 0.0107. The van der Waals surface area contributed by atoms with Gasteiger partial charge in [0.1, 0.15) is 6.07 Å². The molecule has 5 rings (SSSR count). The third-order valence-electron chi connectivity index (χ3n) is 7.45. The average molecular weight is 552 g/mol. The molecule has 3 N–H and O–H groups in total. The number of hydrogen-bond donors (Lipinski definition) is 3. The van der Waals surface area contributed by atoms with Crippen LogP contribution in [0.25, 0.3) is 16.9 Å². The topological polar surface area (TPSA) is 162 Å². The summed E-state index contributed by atoms with van der Waals surface area (Å²) in [5, 5.41) is 30.6. The molecule has 0 atom stereocenters. The molecule has 0 spiro atoms. The summed E-state index contributed by atoms with van der Waals surface area (Å²) in [6.45, 7) is 5.54. The highest BCUT2D eigenvalue weighted by Crippen LogP contribution is 2.32. The third-order valence-corrected chi connectivity index (χ3v) is 8.76. The van der Waals surface area contributed by atoms with Crippen LogP contribution in [0.1, 0.15) is 49.6 Å². The van der Waals surface area contributed by atoms with Gasteiger partial charge in [0.25, 0.3) is 0 Å². The summed E-state index contributed by atoms with van der Waals surface area (Å²) in [6, 6.07) is 6.11. The van der Waals surface area contributed by atoms with Gasteiger partial charge in [0, 0.05) is 43.0 Å². The molecule has 0 amide bonds. The molecule has 3 aromatic heterocycles. The van der Waals surface area contributed by atoms with Crippen molar-refractivity contribution in [2.45, 2.75) is 63.8 Å². The maximum absolute atomic E-state index is 11.8. The van der Waals surface area contributed by atoms with Crippen LogP contribution in [0.15, 0.2) is 30.7 Å². The molecule has 206 valence electrons. The number of sulfonamides is 1. The van der Waals surface area contributed by atoms with E-state index in [0.29, 0.717) is 55.2 Å². The molecule has 4 heterocycles. The number of nitrogens with zero attached hydrogens (tertiary/aromatic N) is 7. The molecule has 1 aliphatic heterocycles. The molecule has 3 aromatic rings. The summed E-state index contributed by atoms with van der Waals surface area (Å²) in [7, 11) is -3.20. The number of rotatable bonds is 8. The van der Waals surface area contributed by atoms with Crippen molar-refractivity contribution in [3.8, 4) is 23.0 Å². The van der Waals surface area contributed by atoms with Gasteiger partial charge in [0.2, 0.25) is 16.0 Å². The largest absolute Gasteiger partial charge is 0.393 e. The molecule has 1 saturated heterocycles. The lowest BCUT2D eigenvalue weighted by Gasteiger charge is -2.43. The van der Waals surface area contributed by atoms with Crippen molar-refractivity contribution in [1.29, 1.82) is 5.26 Å². The number of aryl methyl sites for hydroxylation is 1. The van der Waals surface area contributed by atoms with E-state index in [-0.39, 0.29) is 17.7 Å². The molecule has 1 aliphatic carbocycles. The second-order valence-electron chi connectivity index (χ2n) is 10.7. The van der Waals surface area contributed by atoms with Gasteiger partial charge in [-0.15, -0.1) is 0 Å². The van der Waals surface area contributed by atoms with Gasteiger partial charge in [-0.25, -0.2) is 27.4 Å². The molecule has 12 nitrogen and oxygen atoms in total. The van der Waals surface area contributed by atoms with Crippen LogP contribution in [0.4, 0.5) is 5.95 Å². The predicted octanol–water partition coefficient (Wildman–Crippen LogP) is 1.74. The second-order valence-corrected chi connectivity index (χ2v) is 12.7. The minimum absolute atomic E-state index is 0.0326. The van der Waals surface area contributed by atoms with Crippen LogP contribution in [0.3, 0.4) is 0 Å². The number of piperidine rings is 1. The minimum atomic E-state index is -3.20. The van der Waals surface area contributed by atoms with Gasteiger partial charge in [0.05, 0.1) is 53.1 Å². The summed E-state index contributed by atoms with van der Waals surface area (Å²) in [5.74, 6) is 0.386. The van der Waals surface area contributed by atoms with Gasteiger partial charge in [-0.2, -0.15) is 10.4 Å². The van der Waals surface area contributed by atoms with Gasteiger partial charge in [0.15, 0.2) is 0 Å². The number of aromatic nitrogens is 5. The van der Waals surface area contributed by atoms with Crippen molar-refractivity contribution in [3.63, 3.8) is 0 Å². The van der Waals surface area contributed by atoms with Crippen molar-refractivity contribution in [3.05, 3.63) is 47.7 Å². The van der Waals surface area contributed by atoms with Crippen LogP contribution in [-0.4, -0.2) is 79.6 Å². The molecule has 2 aliphatic rings. The standard InChI is InChI=1S/C26H33N9O3S/c1-17-23(5-4-21(31-17)15-29-26(2)10-22(36)11-26)35-16-19(14-30-35)24-18(12-27)13-28-25(33-24)32-20-6-8-34(9-7-20)39(3,37)38/h4-5,13-14,16,20,22,29,36H,6-11,15H2,1-3H3,(H,28,32,33)/t22-,26+. The number of anilines is 1. The smallest absolute Gasteiger partial charge is 0.223 e. The Morgan fingerprint density at radius 1 is 1.21 bits per heavy atom. The zero-order valence-electron chi connectivity index (χ0n) is 22.3. The van der Waals surface area contributed by atoms with Crippen LogP contribution in [0.5, 0.6) is 0 Å². The number of nitrogens with one attached hydrogen (secondary N) is 2. The van der Waals surface area contributed by atoms with Gasteiger partial charge in [-0.1, -0.05) is 0 Å². The molecule has 0 radical (unpaired) electrons. The van der Waals surface area contributed by atoms with Gasteiger partial charge in [-0.3, -0.25) is 4.98 Å². The van der Waals surface area contributed by atoms with E-state index in [1.54, 1.807) is 10.9 Å². The Hall–Kier alpha value is -3.44. The molecule has 1 saturated carbocycles. The summed E-state index contributed by atoms with van der Waals surface area (Å²) in [6.07, 6.45) is 8.74. The van der Waals surface area contributed by atoms with Crippen LogP contribution >= 0.6 is 0 Å². The molecule has 0 bridgehead atoms. The Bertz CT molecular complexity index is 1500. The van der Waals surface area contributed by atoms with Gasteiger partial charge < -0.3 is 15.7 Å². The summed E-state index contributed by atoms with van der Waals surface area (Å²) in [5.41, 5.74) is 3.96. The highest BCUT2D eigenvalue weighted by atomic mass is 32.2. The first-order valence-corrected chi connectivity index (χ1v) is 14.8. The quantitative estimate of drug-likeness (QED) is 0.376. The number of aliphatic hydroxyl groups excluding tert-OH is 1. The van der Waals surface area contributed by atoms with E-state index in [0.717, 1.165) is 29.9 Å². The second kappa shape index (κ2) is 10.6. The first-order valence-electron chi connectivity index (χ1n) is 13.0. The normalized spacial score (nSPS) is 22.3. The van der Waals surface area contributed by atoms with Crippen molar-refractivity contribution >= 4 is 16.0 Å². The van der Waals surface area contributed by atoms with E-state index in [1.165, 1.54) is 16.8 Å². The zero-order chi connectivity index (χ0) is 27.8. The van der Waals surface area contributed by atoms with E-state index in [2.05, 4.69) is 38.7 Å². The first-order chi connectivity index (χ1) is 18.5. The summed E-state index contributed by atoms with van der Waals surface area (Å²) in [4.78, 5) is 13.6. The van der Waals surface area contributed by atoms with E-state index < -0.39 is 10.0 Å². The number of aliphatic hydroxyl groups is 1. The molecule has 13 heteroatoms. The zero-order valence-corrected chi connectivity index (χ0v) is 23.1. The Labute approximate surface area is 228 Å². The first kappa shape index (κ1) is 27.1. The van der Waals surface area contributed by atoms with Gasteiger partial charge >= 0.3 is 0 Å². The summed E-state index contributed by atoms with van der Waals surface area (Å²) >= 11 is 0. The van der Waals surface area contributed by atoms with Crippen LogP contribution in [0.2, 0.25) is 0 Å². The highest BCUT2D eigenvalue weighted by Gasteiger charge is 2.38. The fraction of sp³-hybridized carbons (Fsp3) is 0.500. The van der Waals surface area contributed by atoms with Crippen LogP contribution in [-0.2, 0) is 16.6 Å². The fourth-order valence-electron chi connectivity index (χ4n) is 5.22. The van der Waals surface area contributed by atoms with Crippen molar-refractivity contribution in [2.24, 2.45) is 0 Å². The molecular weight excluding hydrogens is 518 g/mol. The average Bonchev–Trinajstić information content (AvgIpc) is 3.36. The SMILES string of the molecule is Cc1nc(CN[C@]2(C)C[C@H](O)C2)ccc1-n1cc(-c2nc(NC3CCN(S(C)(=O)=O)CC3)ncc2C#N)cn1. The lowest BCUT2D eigenvalue weighted by atomic mass is 9.76. The highest BCUT2D eigenvalue weighted by molar-refractivity contribution is 7.88. The van der Waals surface area contributed by atoms with E-state index in [1.807, 2.05) is 25.3 Å². The predicted molar refractivity (Wildman–Crippen MR) is 145 cm³/mol. The minimum Gasteiger partial charge on any atom is -0.393 e. The number of nitriles is 1. The van der Waals surface area contributed by atoms with Crippen LogP contribution in [0, 0.1) is 18.3 Å². The van der Waals surface area contributed by atoms with Crippen molar-refractivity contribution < 1.29 is 13.5 Å². The lowest BCUT2D eigenvalue weighted by Crippen LogP contribution is -2.54. The Balaban J connectivity index is 1.29. The van der Waals surface area contributed by atoms with Crippen molar-refractivity contribution in [1.82, 2.24) is 34.4 Å². The summed E-state index contributed by atoms with van der Waals surface area (Å²) < 4.78 is 26.8. The number of pyridine rings is 1. The molecule has 2 fully saturated rings. The molecule has 39 heavy (non-hydrogen) atoms. The maximum Gasteiger partial charge on any atom is 0.223 e. The maximum atomic E-state index is 11.8. The molecular formula is C26H33N9O3S. The number of hydrogen-bond acceptors (Lipinski definition) is 10. The molecule has 0 unspecified atom stereocenters. The van der Waals surface area contributed by atoms with Crippen molar-refractivity contribution in [2.75, 3.05) is 24.7 Å². The Kier molecular flexibility index (Phi) is 7.39. The molecule has 0 aromatic carbocycles. The third kappa shape index (κ3) is 6.09. The van der Waals surface area contributed by atoms with E-state index in [9.17, 15) is 18.8 Å². The van der Waals surface area contributed by atoms with Crippen LogP contribution < -0.4 is 10.6 Å². The Morgan fingerprint density at radius 2 is 1.95 bits per heavy atom. The van der Waals surface area contributed by atoms with E-state index in [4.69, 9.17) is 4.98 Å². The Morgan fingerprint density at radius 3 is 2.59 bits per heavy atom.